The highest BCUT2D eigenvalue weighted by molar-refractivity contribution is 5.87. The largest absolute Gasteiger partial charge is 0.469 e. The third-order valence-corrected chi connectivity index (χ3v) is 4.22. The molecule has 0 aliphatic heterocycles. The van der Waals surface area contributed by atoms with Gasteiger partial charge in [0.1, 0.15) is 5.78 Å². The first-order valence-electron chi connectivity index (χ1n) is 6.86. The summed E-state index contributed by atoms with van der Waals surface area (Å²) < 4.78 is 10.0. The molecule has 0 heterocycles. The van der Waals surface area contributed by atoms with Gasteiger partial charge in [-0.2, -0.15) is 0 Å². The molecule has 0 aliphatic rings. The highest BCUT2D eigenvalue weighted by Crippen LogP contribution is 2.33. The molecule has 0 aliphatic carbocycles. The van der Waals surface area contributed by atoms with Gasteiger partial charge in [-0.05, 0) is 5.92 Å². The van der Waals surface area contributed by atoms with E-state index in [-0.39, 0.29) is 24.1 Å². The summed E-state index contributed by atoms with van der Waals surface area (Å²) in [5.41, 5.74) is -0.703. The minimum Gasteiger partial charge on any atom is -0.469 e. The van der Waals surface area contributed by atoms with Crippen molar-refractivity contribution in [3.8, 4) is 0 Å². The van der Waals surface area contributed by atoms with Crippen LogP contribution in [0.2, 0.25) is 0 Å². The van der Waals surface area contributed by atoms with E-state index in [1.807, 2.05) is 20.8 Å². The standard InChI is InChI=1S/C15H28O4/c1-8-10(2)11(3)14(17)15(4,5)12(18-6)9-13(16)19-7/h10-12H,8-9H2,1-7H3. The molecule has 112 valence electrons. The maximum atomic E-state index is 12.6. The van der Waals surface area contributed by atoms with Gasteiger partial charge in [0.05, 0.1) is 25.0 Å². The summed E-state index contributed by atoms with van der Waals surface area (Å²) in [6.07, 6.45) is 0.593. The zero-order valence-corrected chi connectivity index (χ0v) is 13.3. The molecule has 0 aromatic carbocycles. The van der Waals surface area contributed by atoms with E-state index in [0.717, 1.165) is 6.42 Å². The van der Waals surface area contributed by atoms with Gasteiger partial charge in [0.25, 0.3) is 0 Å². The van der Waals surface area contributed by atoms with Crippen LogP contribution in [0.4, 0.5) is 0 Å². The van der Waals surface area contributed by atoms with E-state index in [1.54, 1.807) is 0 Å². The quantitative estimate of drug-likeness (QED) is 0.638. The first kappa shape index (κ1) is 18.1. The maximum absolute atomic E-state index is 12.6. The minimum absolute atomic E-state index is 0.0460. The molecule has 0 fully saturated rings. The molecule has 3 unspecified atom stereocenters. The van der Waals surface area contributed by atoms with E-state index in [0.29, 0.717) is 5.92 Å². The van der Waals surface area contributed by atoms with Crippen molar-refractivity contribution in [2.45, 2.75) is 53.6 Å². The van der Waals surface area contributed by atoms with Crippen LogP contribution in [0.25, 0.3) is 0 Å². The number of ketones is 1. The second-order valence-electron chi connectivity index (χ2n) is 5.76. The molecule has 0 radical (unpaired) electrons. The summed E-state index contributed by atoms with van der Waals surface area (Å²) in [7, 11) is 2.86. The lowest BCUT2D eigenvalue weighted by molar-refractivity contribution is -0.150. The highest BCUT2D eigenvalue weighted by Gasteiger charge is 2.41. The average Bonchev–Trinajstić information content (AvgIpc) is 2.41. The zero-order valence-electron chi connectivity index (χ0n) is 13.3. The van der Waals surface area contributed by atoms with Crippen molar-refractivity contribution in [3.63, 3.8) is 0 Å². The number of hydrogen-bond donors (Lipinski definition) is 0. The van der Waals surface area contributed by atoms with Gasteiger partial charge in [0.2, 0.25) is 0 Å². The Kier molecular flexibility index (Phi) is 7.27. The molecule has 19 heavy (non-hydrogen) atoms. The molecule has 0 amide bonds. The van der Waals surface area contributed by atoms with E-state index >= 15 is 0 Å². The van der Waals surface area contributed by atoms with E-state index in [9.17, 15) is 9.59 Å². The molecule has 0 N–H and O–H groups in total. The molecule has 0 rings (SSSR count). The molecular weight excluding hydrogens is 244 g/mol. The van der Waals surface area contributed by atoms with E-state index in [4.69, 9.17) is 4.74 Å². The average molecular weight is 272 g/mol. The van der Waals surface area contributed by atoms with Crippen LogP contribution in [0, 0.1) is 17.3 Å². The molecule has 0 aromatic rings. The number of Topliss-reactive ketones (excluding diaryl/α,β-unsaturated/α-hetero) is 1. The molecule has 3 atom stereocenters. The number of ether oxygens (including phenoxy) is 2. The molecule has 4 heteroatoms. The first-order chi connectivity index (χ1) is 8.72. The van der Waals surface area contributed by atoms with E-state index in [1.165, 1.54) is 14.2 Å². The molecule has 0 bridgehead atoms. The van der Waals surface area contributed by atoms with Crippen molar-refractivity contribution >= 4 is 11.8 Å². The lowest BCUT2D eigenvalue weighted by Gasteiger charge is -2.34. The van der Waals surface area contributed by atoms with Crippen LogP contribution < -0.4 is 0 Å². The van der Waals surface area contributed by atoms with E-state index in [2.05, 4.69) is 18.6 Å². The van der Waals surface area contributed by atoms with Crippen LogP contribution in [0.15, 0.2) is 0 Å². The van der Waals surface area contributed by atoms with Crippen LogP contribution in [-0.4, -0.2) is 32.1 Å². The monoisotopic (exact) mass is 272 g/mol. The number of methoxy groups -OCH3 is 2. The second kappa shape index (κ2) is 7.63. The summed E-state index contributed by atoms with van der Waals surface area (Å²) in [5, 5.41) is 0. The Morgan fingerprint density at radius 3 is 2.05 bits per heavy atom. The van der Waals surface area contributed by atoms with Gasteiger partial charge in [-0.25, -0.2) is 0 Å². The summed E-state index contributed by atoms with van der Waals surface area (Å²) in [6, 6.07) is 0. The summed E-state index contributed by atoms with van der Waals surface area (Å²) in [6.45, 7) is 9.77. The summed E-state index contributed by atoms with van der Waals surface area (Å²) in [5.74, 6) is 0.0548. The van der Waals surface area contributed by atoms with Crippen LogP contribution >= 0.6 is 0 Å². The first-order valence-corrected chi connectivity index (χ1v) is 6.86. The van der Waals surface area contributed by atoms with Crippen LogP contribution in [0.5, 0.6) is 0 Å². The predicted molar refractivity (Wildman–Crippen MR) is 74.8 cm³/mol. The smallest absolute Gasteiger partial charge is 0.308 e. The number of rotatable bonds is 8. The van der Waals surface area contributed by atoms with Gasteiger partial charge in [0, 0.05) is 13.0 Å². The fourth-order valence-electron chi connectivity index (χ4n) is 2.23. The van der Waals surface area contributed by atoms with Crippen LogP contribution in [0.3, 0.4) is 0 Å². The lowest BCUT2D eigenvalue weighted by atomic mass is 9.72. The van der Waals surface area contributed by atoms with Crippen LogP contribution in [0.1, 0.15) is 47.5 Å². The number of carbonyl (C=O) groups is 2. The van der Waals surface area contributed by atoms with Crippen molar-refractivity contribution in [2.75, 3.05) is 14.2 Å². The van der Waals surface area contributed by atoms with Gasteiger partial charge in [-0.1, -0.05) is 41.0 Å². The van der Waals surface area contributed by atoms with Gasteiger partial charge < -0.3 is 9.47 Å². The zero-order chi connectivity index (χ0) is 15.2. The molecule has 4 nitrogen and oxygen atoms in total. The Morgan fingerprint density at radius 2 is 1.68 bits per heavy atom. The molecule has 0 aromatic heterocycles. The number of carbonyl (C=O) groups excluding carboxylic acids is 2. The van der Waals surface area contributed by atoms with Crippen molar-refractivity contribution < 1.29 is 19.1 Å². The van der Waals surface area contributed by atoms with Crippen molar-refractivity contribution in [1.29, 1.82) is 0 Å². The molecule has 0 saturated carbocycles. The van der Waals surface area contributed by atoms with Crippen molar-refractivity contribution in [1.82, 2.24) is 0 Å². The Hall–Kier alpha value is -0.900. The Morgan fingerprint density at radius 1 is 1.16 bits per heavy atom. The SMILES string of the molecule is CCC(C)C(C)C(=O)C(C)(C)C(CC(=O)OC)OC. The Bertz CT molecular complexity index is 309. The Balaban J connectivity index is 4.99. The molecule has 0 spiro atoms. The maximum Gasteiger partial charge on any atom is 0.308 e. The third-order valence-electron chi connectivity index (χ3n) is 4.22. The third kappa shape index (κ3) is 4.60. The van der Waals surface area contributed by atoms with Gasteiger partial charge in [0.15, 0.2) is 0 Å². The topological polar surface area (TPSA) is 52.6 Å². The van der Waals surface area contributed by atoms with E-state index < -0.39 is 11.5 Å². The Labute approximate surface area is 116 Å². The second-order valence-corrected chi connectivity index (χ2v) is 5.76. The fraction of sp³-hybridized carbons (Fsp3) is 0.867. The van der Waals surface area contributed by atoms with Gasteiger partial charge in [-0.15, -0.1) is 0 Å². The number of esters is 1. The predicted octanol–water partition coefficient (Wildman–Crippen LogP) is 2.84. The summed E-state index contributed by atoms with van der Waals surface area (Å²) in [4.78, 5) is 24.0. The van der Waals surface area contributed by atoms with Crippen molar-refractivity contribution in [3.05, 3.63) is 0 Å². The molecule has 0 saturated heterocycles. The highest BCUT2D eigenvalue weighted by atomic mass is 16.5. The molecular formula is C15H28O4. The van der Waals surface area contributed by atoms with Gasteiger partial charge >= 0.3 is 5.97 Å². The lowest BCUT2D eigenvalue weighted by Crippen LogP contribution is -2.43. The van der Waals surface area contributed by atoms with Gasteiger partial charge in [-0.3, -0.25) is 9.59 Å². The fourth-order valence-corrected chi connectivity index (χ4v) is 2.23. The minimum atomic E-state index is -0.703. The summed E-state index contributed by atoms with van der Waals surface area (Å²) >= 11 is 0. The number of hydrogen-bond acceptors (Lipinski definition) is 4. The van der Waals surface area contributed by atoms with Crippen LogP contribution in [-0.2, 0) is 19.1 Å². The normalized spacial score (nSPS) is 16.6. The van der Waals surface area contributed by atoms with Crippen molar-refractivity contribution in [2.24, 2.45) is 17.3 Å².